The molecule has 0 bridgehead atoms. The summed E-state index contributed by atoms with van der Waals surface area (Å²) in [5.41, 5.74) is 1.32. The molecule has 0 aliphatic heterocycles. The van der Waals surface area contributed by atoms with E-state index in [9.17, 15) is 15.8 Å². The van der Waals surface area contributed by atoms with Crippen molar-refractivity contribution in [2.24, 2.45) is 0 Å². The summed E-state index contributed by atoms with van der Waals surface area (Å²) in [5, 5.41) is 32.1. The summed E-state index contributed by atoms with van der Waals surface area (Å²) in [4.78, 5) is 1.82. The molecule has 0 N–H and O–H groups in total. The normalized spacial score (nSPS) is 10.0. The first kappa shape index (κ1) is 14.4. The third-order valence-corrected chi connectivity index (χ3v) is 3.93. The number of anilines is 1. The summed E-state index contributed by atoms with van der Waals surface area (Å²) in [7, 11) is 3.66. The van der Waals surface area contributed by atoms with E-state index in [-0.39, 0.29) is 16.7 Å². The van der Waals surface area contributed by atoms with Crippen molar-refractivity contribution in [1.82, 2.24) is 0 Å². The van der Waals surface area contributed by atoms with Crippen LogP contribution in [0.3, 0.4) is 0 Å². The number of hydrogen-bond donors (Lipinski definition) is 0. The molecule has 0 saturated carbocycles. The number of rotatable bonds is 1. The van der Waals surface area contributed by atoms with Gasteiger partial charge in [-0.05, 0) is 22.9 Å². The van der Waals surface area contributed by atoms with Crippen molar-refractivity contribution in [1.29, 1.82) is 15.8 Å². The van der Waals surface area contributed by atoms with Crippen LogP contribution in [0.4, 0.5) is 5.69 Å². The molecule has 0 fully saturated rings. The Morgan fingerprint density at radius 1 is 0.739 bits per heavy atom. The zero-order valence-corrected chi connectivity index (χ0v) is 12.8. The maximum Gasteiger partial charge on any atom is 0.103 e. The highest BCUT2D eigenvalue weighted by atomic mass is 15.1. The van der Waals surface area contributed by atoms with Gasteiger partial charge in [0.15, 0.2) is 0 Å². The van der Waals surface area contributed by atoms with Crippen LogP contribution in [0.2, 0.25) is 0 Å². The predicted molar refractivity (Wildman–Crippen MR) is 89.9 cm³/mol. The maximum atomic E-state index is 9.54. The second-order valence-corrected chi connectivity index (χ2v) is 5.45. The molecule has 108 valence electrons. The van der Waals surface area contributed by atoms with Crippen molar-refractivity contribution >= 4 is 27.2 Å². The Bertz CT molecular complexity index is 1070. The Balaban J connectivity index is 2.67. The quantitative estimate of drug-likeness (QED) is 0.642. The van der Waals surface area contributed by atoms with Gasteiger partial charge >= 0.3 is 0 Å². The van der Waals surface area contributed by atoms with E-state index in [4.69, 9.17) is 0 Å². The van der Waals surface area contributed by atoms with Crippen LogP contribution in [-0.4, -0.2) is 14.1 Å². The average Bonchev–Trinajstić information content (AvgIpc) is 2.57. The lowest BCUT2D eigenvalue weighted by Crippen LogP contribution is -2.13. The van der Waals surface area contributed by atoms with E-state index in [1.54, 1.807) is 0 Å². The molecule has 0 unspecified atom stereocenters. The van der Waals surface area contributed by atoms with E-state index in [0.29, 0.717) is 11.1 Å². The number of nitrogens with zero attached hydrogens (tertiary/aromatic N) is 4. The predicted octanol–water partition coefficient (Wildman–Crippen LogP) is 3.67. The topological polar surface area (TPSA) is 74.6 Å². The first-order valence-corrected chi connectivity index (χ1v) is 7.02. The summed E-state index contributed by atoms with van der Waals surface area (Å²) >= 11 is 0. The van der Waals surface area contributed by atoms with Crippen LogP contribution < -0.4 is 4.90 Å². The van der Waals surface area contributed by atoms with Crippen LogP contribution in [0.5, 0.6) is 0 Å². The van der Waals surface area contributed by atoms with E-state index in [0.717, 1.165) is 16.2 Å². The molecule has 0 aromatic heterocycles. The van der Waals surface area contributed by atoms with Crippen molar-refractivity contribution in [3.05, 3.63) is 53.1 Å². The number of hydrogen-bond acceptors (Lipinski definition) is 4. The molecule has 0 atom stereocenters. The molecule has 4 heteroatoms. The molecule has 0 spiro atoms. The minimum Gasteiger partial charge on any atom is -0.376 e. The lowest BCUT2D eigenvalue weighted by atomic mass is 9.91. The average molecular weight is 296 g/mol. The first-order valence-electron chi connectivity index (χ1n) is 7.02. The molecule has 0 heterocycles. The highest BCUT2D eigenvalue weighted by molar-refractivity contribution is 6.09. The van der Waals surface area contributed by atoms with E-state index < -0.39 is 0 Å². The zero-order chi connectivity index (χ0) is 16.6. The highest BCUT2D eigenvalue weighted by Crippen LogP contribution is 2.37. The maximum absolute atomic E-state index is 9.54. The van der Waals surface area contributed by atoms with Gasteiger partial charge < -0.3 is 4.90 Å². The summed E-state index contributed by atoms with van der Waals surface area (Å²) in [5.74, 6) is 0. The van der Waals surface area contributed by atoms with Crippen molar-refractivity contribution < 1.29 is 0 Å². The van der Waals surface area contributed by atoms with E-state index >= 15 is 0 Å². The third-order valence-electron chi connectivity index (χ3n) is 3.93. The van der Waals surface area contributed by atoms with Crippen molar-refractivity contribution in [2.45, 2.75) is 0 Å². The van der Waals surface area contributed by atoms with Gasteiger partial charge in [-0.2, -0.15) is 15.8 Å². The standard InChI is InChI=1S/C19H12N4/c1-23(2)19-15-8-13-6-4-3-5-12(13)7-14(15)16(9-20)17(10-21)18(19)11-22/h3-8H,1-2H3. The summed E-state index contributed by atoms with van der Waals surface area (Å²) in [6.07, 6.45) is 0. The Morgan fingerprint density at radius 3 is 1.74 bits per heavy atom. The van der Waals surface area contributed by atoms with Crippen LogP contribution in [0.25, 0.3) is 21.5 Å². The Labute approximate surface area is 134 Å². The van der Waals surface area contributed by atoms with E-state index in [2.05, 4.69) is 12.1 Å². The van der Waals surface area contributed by atoms with Gasteiger partial charge in [-0.1, -0.05) is 24.3 Å². The molecule has 0 radical (unpaired) electrons. The van der Waals surface area contributed by atoms with Gasteiger partial charge in [0.2, 0.25) is 0 Å². The third kappa shape index (κ3) is 2.04. The molecule has 3 rings (SSSR count). The first-order chi connectivity index (χ1) is 11.1. The van der Waals surface area contributed by atoms with E-state index in [1.165, 1.54) is 0 Å². The van der Waals surface area contributed by atoms with E-state index in [1.807, 2.05) is 61.5 Å². The van der Waals surface area contributed by atoms with Crippen LogP contribution in [-0.2, 0) is 0 Å². The molecule has 3 aromatic carbocycles. The summed E-state index contributed by atoms with van der Waals surface area (Å²) < 4.78 is 0. The largest absolute Gasteiger partial charge is 0.376 e. The Morgan fingerprint density at radius 2 is 1.26 bits per heavy atom. The Kier molecular flexibility index (Phi) is 3.34. The fraction of sp³-hybridized carbons (Fsp3) is 0.105. The van der Waals surface area contributed by atoms with Crippen LogP contribution >= 0.6 is 0 Å². The van der Waals surface area contributed by atoms with Crippen molar-refractivity contribution in [2.75, 3.05) is 19.0 Å². The van der Waals surface area contributed by atoms with Gasteiger partial charge in [0.1, 0.15) is 18.2 Å². The molecular weight excluding hydrogens is 284 g/mol. The number of nitriles is 3. The molecule has 0 amide bonds. The minimum absolute atomic E-state index is 0.140. The van der Waals surface area contributed by atoms with Gasteiger partial charge in [-0.25, -0.2) is 0 Å². The van der Waals surface area contributed by atoms with Crippen LogP contribution in [0.1, 0.15) is 16.7 Å². The fourth-order valence-corrected chi connectivity index (χ4v) is 2.96. The molecule has 0 saturated heterocycles. The van der Waals surface area contributed by atoms with Gasteiger partial charge in [0, 0.05) is 24.9 Å². The zero-order valence-electron chi connectivity index (χ0n) is 12.8. The van der Waals surface area contributed by atoms with Gasteiger partial charge in [0.25, 0.3) is 0 Å². The summed E-state index contributed by atoms with van der Waals surface area (Å²) in [6, 6.07) is 18.0. The summed E-state index contributed by atoms with van der Waals surface area (Å²) in [6.45, 7) is 0. The van der Waals surface area contributed by atoms with Gasteiger partial charge in [-0.3, -0.25) is 0 Å². The highest BCUT2D eigenvalue weighted by Gasteiger charge is 2.21. The molecule has 4 nitrogen and oxygen atoms in total. The molecule has 23 heavy (non-hydrogen) atoms. The molecule has 0 aliphatic carbocycles. The lowest BCUT2D eigenvalue weighted by molar-refractivity contribution is 1.13. The fourth-order valence-electron chi connectivity index (χ4n) is 2.96. The second-order valence-electron chi connectivity index (χ2n) is 5.45. The van der Waals surface area contributed by atoms with Crippen LogP contribution in [0.15, 0.2) is 36.4 Å². The van der Waals surface area contributed by atoms with Gasteiger partial charge in [-0.15, -0.1) is 0 Å². The minimum atomic E-state index is 0.140. The monoisotopic (exact) mass is 296 g/mol. The SMILES string of the molecule is CN(C)c1c(C#N)c(C#N)c(C#N)c2cc3ccccc3cc12. The van der Waals surface area contributed by atoms with Gasteiger partial charge in [0.05, 0.1) is 22.4 Å². The van der Waals surface area contributed by atoms with Crippen LogP contribution in [0, 0.1) is 34.0 Å². The lowest BCUT2D eigenvalue weighted by Gasteiger charge is -2.20. The molecular formula is C19H12N4. The smallest absolute Gasteiger partial charge is 0.103 e. The molecule has 0 aliphatic rings. The second kappa shape index (κ2) is 5.34. The molecule has 3 aromatic rings. The number of benzene rings is 3. The van der Waals surface area contributed by atoms with Crippen molar-refractivity contribution in [3.8, 4) is 18.2 Å². The van der Waals surface area contributed by atoms with Crippen molar-refractivity contribution in [3.63, 3.8) is 0 Å². The number of fused-ring (bicyclic) bond motifs is 2. The Hall–Kier alpha value is -3.55.